The summed E-state index contributed by atoms with van der Waals surface area (Å²) in [5.41, 5.74) is 0.652. The molecule has 3 unspecified atom stereocenters. The average molecular weight is 486 g/mol. The molecule has 0 aliphatic carbocycles. The van der Waals surface area contributed by atoms with Crippen LogP contribution in [-0.4, -0.2) is 47.5 Å². The highest BCUT2D eigenvalue weighted by molar-refractivity contribution is 5.92. The van der Waals surface area contributed by atoms with E-state index in [9.17, 15) is 14.4 Å². The molecule has 0 aliphatic heterocycles. The van der Waals surface area contributed by atoms with Gasteiger partial charge in [-0.1, -0.05) is 58.1 Å². The lowest BCUT2D eigenvalue weighted by molar-refractivity contribution is -0.143. The Morgan fingerprint density at radius 2 is 1.71 bits per heavy atom. The van der Waals surface area contributed by atoms with Crippen LogP contribution in [0.2, 0.25) is 0 Å². The highest BCUT2D eigenvalue weighted by atomic mass is 16.6. The molecular weight excluding hydrogens is 442 g/mol. The molecule has 0 spiro atoms. The van der Waals surface area contributed by atoms with Crippen LogP contribution in [0.4, 0.5) is 4.79 Å². The minimum absolute atomic E-state index is 0.166. The molecule has 194 valence electrons. The molecule has 7 nitrogen and oxygen atoms in total. The van der Waals surface area contributed by atoms with Crippen LogP contribution in [0.3, 0.4) is 0 Å². The van der Waals surface area contributed by atoms with E-state index < -0.39 is 23.8 Å². The van der Waals surface area contributed by atoms with Crippen molar-refractivity contribution in [1.29, 1.82) is 0 Å². The predicted molar refractivity (Wildman–Crippen MR) is 140 cm³/mol. The zero-order valence-electron chi connectivity index (χ0n) is 22.4. The topological polar surface area (TPSA) is 87.7 Å². The van der Waals surface area contributed by atoms with Gasteiger partial charge in [0, 0.05) is 18.7 Å². The maximum Gasteiger partial charge on any atom is 0.408 e. The number of unbranched alkanes of at least 4 members (excludes halogenated alkanes) is 2. The molecule has 0 aliphatic rings. The first-order valence-corrected chi connectivity index (χ1v) is 12.6. The summed E-state index contributed by atoms with van der Waals surface area (Å²) in [6, 6.07) is 5.39. The summed E-state index contributed by atoms with van der Waals surface area (Å²) in [6.07, 6.45) is 8.41. The van der Waals surface area contributed by atoms with Crippen LogP contribution in [0, 0.1) is 18.3 Å². The van der Waals surface area contributed by atoms with Gasteiger partial charge in [-0.25, -0.2) is 4.79 Å². The Morgan fingerprint density at radius 3 is 2.20 bits per heavy atom. The fraction of sp³-hybridized carbons (Fsp3) is 0.607. The molecule has 2 N–H and O–H groups in total. The van der Waals surface area contributed by atoms with Crippen molar-refractivity contribution in [3.05, 3.63) is 35.4 Å². The van der Waals surface area contributed by atoms with E-state index in [1.54, 1.807) is 45.0 Å². The number of ether oxygens (including phenoxy) is 1. The summed E-state index contributed by atoms with van der Waals surface area (Å²) in [5.74, 6) is 1.82. The van der Waals surface area contributed by atoms with Crippen molar-refractivity contribution < 1.29 is 19.1 Å². The van der Waals surface area contributed by atoms with Crippen molar-refractivity contribution in [2.24, 2.45) is 5.92 Å². The van der Waals surface area contributed by atoms with Gasteiger partial charge in [0.2, 0.25) is 11.8 Å². The van der Waals surface area contributed by atoms with Gasteiger partial charge in [0.25, 0.3) is 0 Å². The Kier molecular flexibility index (Phi) is 12.4. The Hall–Kier alpha value is -3.01. The van der Waals surface area contributed by atoms with E-state index in [2.05, 4.69) is 23.5 Å². The Bertz CT molecular complexity index is 868. The molecule has 0 saturated carbocycles. The highest BCUT2D eigenvalue weighted by Gasteiger charge is 2.37. The summed E-state index contributed by atoms with van der Waals surface area (Å²) in [6.45, 7) is 13.9. The van der Waals surface area contributed by atoms with Crippen molar-refractivity contribution in [3.8, 4) is 12.3 Å². The lowest BCUT2D eigenvalue weighted by Crippen LogP contribution is -2.55. The summed E-state index contributed by atoms with van der Waals surface area (Å²) < 4.78 is 5.40. The first-order valence-electron chi connectivity index (χ1n) is 12.6. The Morgan fingerprint density at radius 1 is 1.09 bits per heavy atom. The molecular formula is C28H43N3O4. The fourth-order valence-electron chi connectivity index (χ4n) is 3.68. The molecule has 35 heavy (non-hydrogen) atoms. The third-order valence-corrected chi connectivity index (χ3v) is 5.81. The molecule has 0 fully saturated rings. The normalized spacial score (nSPS) is 13.7. The summed E-state index contributed by atoms with van der Waals surface area (Å²) >= 11 is 0. The molecule has 1 aromatic carbocycles. The number of hydrogen-bond acceptors (Lipinski definition) is 4. The molecule has 7 heteroatoms. The fourth-order valence-corrected chi connectivity index (χ4v) is 3.68. The maximum atomic E-state index is 13.8. The van der Waals surface area contributed by atoms with Crippen molar-refractivity contribution in [3.63, 3.8) is 0 Å². The van der Waals surface area contributed by atoms with E-state index >= 15 is 0 Å². The maximum absolute atomic E-state index is 13.8. The van der Waals surface area contributed by atoms with Crippen LogP contribution >= 0.6 is 0 Å². The molecule has 0 saturated heterocycles. The number of rotatable bonds is 12. The molecule has 0 heterocycles. The largest absolute Gasteiger partial charge is 0.444 e. The number of nitrogens with zero attached hydrogens (tertiary/aromatic N) is 1. The lowest BCUT2D eigenvalue weighted by atomic mass is 9.95. The van der Waals surface area contributed by atoms with E-state index in [1.807, 2.05) is 20.8 Å². The number of terminal acetylenes is 1. The number of hydrogen-bond donors (Lipinski definition) is 2. The first-order chi connectivity index (χ1) is 16.5. The third-order valence-electron chi connectivity index (χ3n) is 5.81. The molecule has 0 bridgehead atoms. The van der Waals surface area contributed by atoms with E-state index in [0.717, 1.165) is 19.3 Å². The first kappa shape index (κ1) is 30.0. The van der Waals surface area contributed by atoms with Gasteiger partial charge in [-0.15, -0.1) is 6.42 Å². The second kappa shape index (κ2) is 14.4. The van der Waals surface area contributed by atoms with Gasteiger partial charge in [0.1, 0.15) is 17.7 Å². The van der Waals surface area contributed by atoms with Crippen molar-refractivity contribution >= 4 is 17.9 Å². The lowest BCUT2D eigenvalue weighted by Gasteiger charge is -2.35. The minimum Gasteiger partial charge on any atom is -0.444 e. The van der Waals surface area contributed by atoms with Gasteiger partial charge in [0.05, 0.1) is 0 Å². The molecule has 1 aromatic rings. The van der Waals surface area contributed by atoms with Crippen LogP contribution < -0.4 is 10.6 Å². The van der Waals surface area contributed by atoms with Crippen molar-refractivity contribution in [2.45, 2.75) is 91.8 Å². The van der Waals surface area contributed by atoms with Crippen LogP contribution in [-0.2, 0) is 14.3 Å². The second-order valence-corrected chi connectivity index (χ2v) is 9.80. The molecule has 0 aromatic heterocycles. The monoisotopic (exact) mass is 485 g/mol. The van der Waals surface area contributed by atoms with E-state index in [0.29, 0.717) is 24.1 Å². The van der Waals surface area contributed by atoms with Crippen molar-refractivity contribution in [1.82, 2.24) is 15.5 Å². The van der Waals surface area contributed by atoms with Gasteiger partial charge in [0.15, 0.2) is 0 Å². The third kappa shape index (κ3) is 9.64. The van der Waals surface area contributed by atoms with Crippen LogP contribution in [0.1, 0.15) is 91.3 Å². The Balaban J connectivity index is 3.33. The standard InChI is InChI=1S/C28H43N3O4/c1-9-13-14-19-29-25(32)24(22-17-15-21(11-3)16-18-22)31(12-4)26(33)23(20(5)10-2)30-27(34)35-28(6,7)8/h3,15-18,20,23-24H,9-10,12-14,19H2,1-2,4-8H3,(H,29,32)(H,30,34). The quantitative estimate of drug-likeness (QED) is 0.329. The number of alkyl carbamates (subject to hydrolysis) is 1. The van der Waals surface area contributed by atoms with Crippen LogP contribution in [0.5, 0.6) is 0 Å². The van der Waals surface area contributed by atoms with E-state index in [1.165, 1.54) is 4.90 Å². The minimum atomic E-state index is -0.854. The number of nitrogens with one attached hydrogen (secondary N) is 2. The predicted octanol–water partition coefficient (Wildman–Crippen LogP) is 4.80. The average Bonchev–Trinajstić information content (AvgIpc) is 2.81. The second-order valence-electron chi connectivity index (χ2n) is 9.80. The summed E-state index contributed by atoms with van der Waals surface area (Å²) in [4.78, 5) is 41.3. The summed E-state index contributed by atoms with van der Waals surface area (Å²) in [7, 11) is 0. The smallest absolute Gasteiger partial charge is 0.408 e. The van der Waals surface area contributed by atoms with E-state index in [4.69, 9.17) is 11.2 Å². The SMILES string of the molecule is C#Cc1ccc(C(C(=O)NCCCCC)N(CC)C(=O)C(NC(=O)OC(C)(C)C)C(C)CC)cc1. The van der Waals surface area contributed by atoms with Gasteiger partial charge in [-0.2, -0.15) is 0 Å². The van der Waals surface area contributed by atoms with E-state index in [-0.39, 0.29) is 24.3 Å². The number of benzene rings is 1. The number of carbonyl (C=O) groups excluding carboxylic acids is 3. The Labute approximate surface area is 211 Å². The van der Waals surface area contributed by atoms with Gasteiger partial charge >= 0.3 is 6.09 Å². The van der Waals surface area contributed by atoms with Crippen LogP contribution in [0.25, 0.3) is 0 Å². The molecule has 3 amide bonds. The summed E-state index contributed by atoms with van der Waals surface area (Å²) in [5, 5.41) is 5.73. The highest BCUT2D eigenvalue weighted by Crippen LogP contribution is 2.25. The van der Waals surface area contributed by atoms with Crippen LogP contribution in [0.15, 0.2) is 24.3 Å². The zero-order chi connectivity index (χ0) is 26.6. The molecule has 3 atom stereocenters. The number of amides is 3. The number of likely N-dealkylation sites (N-methyl/N-ethyl adjacent to an activating group) is 1. The van der Waals surface area contributed by atoms with Crippen molar-refractivity contribution in [2.75, 3.05) is 13.1 Å². The van der Waals surface area contributed by atoms with Gasteiger partial charge < -0.3 is 20.3 Å². The number of carbonyl (C=O) groups is 3. The zero-order valence-corrected chi connectivity index (χ0v) is 22.4. The van der Waals surface area contributed by atoms with Gasteiger partial charge in [-0.3, -0.25) is 9.59 Å². The molecule has 0 radical (unpaired) electrons. The molecule has 1 rings (SSSR count). The van der Waals surface area contributed by atoms with Gasteiger partial charge in [-0.05, 0) is 57.7 Å².